The molecule has 5 atom stereocenters. The Bertz CT molecular complexity index is 672. The van der Waals surface area contributed by atoms with E-state index in [0.717, 1.165) is 0 Å². The maximum atomic E-state index is 13.4. The molecule has 10 heteroatoms. The van der Waals surface area contributed by atoms with Crippen LogP contribution in [-0.2, 0) is 28.6 Å². The summed E-state index contributed by atoms with van der Waals surface area (Å²) in [7, 11) is -4.74. The Hall–Kier alpha value is -1.13. The van der Waals surface area contributed by atoms with E-state index in [4.69, 9.17) is 13.7 Å². The molecule has 2 bridgehead atoms. The van der Waals surface area contributed by atoms with Crippen molar-refractivity contribution in [2.45, 2.75) is 42.9 Å². The molecule has 1 aliphatic heterocycles. The zero-order valence-corrected chi connectivity index (χ0v) is 13.7. The molecule has 2 aliphatic carbocycles. The van der Waals surface area contributed by atoms with Crippen LogP contribution in [0.25, 0.3) is 0 Å². The highest BCUT2D eigenvalue weighted by molar-refractivity contribution is 7.88. The van der Waals surface area contributed by atoms with Crippen molar-refractivity contribution in [2.75, 3.05) is 13.2 Å². The third-order valence-corrected chi connectivity index (χ3v) is 7.11. The van der Waals surface area contributed by atoms with Crippen LogP contribution in [0.15, 0.2) is 12.2 Å². The van der Waals surface area contributed by atoms with Crippen LogP contribution in [0.1, 0.15) is 19.8 Å². The predicted octanol–water partition coefficient (Wildman–Crippen LogP) is 1.56. The molecule has 5 unspecified atom stereocenters. The normalized spacial score (nSPS) is 39.2. The van der Waals surface area contributed by atoms with Gasteiger partial charge in [0.05, 0.1) is 12.7 Å². The molecule has 24 heavy (non-hydrogen) atoms. The zero-order valence-electron chi connectivity index (χ0n) is 12.8. The number of hydrogen-bond donors (Lipinski definition) is 0. The SMILES string of the molecule is C=C(C)C(=O)OCCOC1C2CC3C1OS(=O)(=O)C3(C(F)(F)F)C2. The summed E-state index contributed by atoms with van der Waals surface area (Å²) in [6, 6.07) is 0. The average Bonchev–Trinajstić information content (AvgIpc) is 3.02. The fourth-order valence-corrected chi connectivity index (χ4v) is 6.08. The smallest absolute Gasteiger partial charge is 0.410 e. The highest BCUT2D eigenvalue weighted by Gasteiger charge is 2.82. The quantitative estimate of drug-likeness (QED) is 0.316. The van der Waals surface area contributed by atoms with Gasteiger partial charge in [-0.05, 0) is 25.7 Å². The lowest BCUT2D eigenvalue weighted by molar-refractivity contribution is -0.179. The Labute approximate surface area is 137 Å². The van der Waals surface area contributed by atoms with Gasteiger partial charge in [0.15, 0.2) is 4.75 Å². The van der Waals surface area contributed by atoms with E-state index in [0.29, 0.717) is 0 Å². The Morgan fingerprint density at radius 3 is 2.62 bits per heavy atom. The molecule has 3 fully saturated rings. The lowest BCUT2D eigenvalue weighted by Crippen LogP contribution is -2.54. The summed E-state index contributed by atoms with van der Waals surface area (Å²) in [4.78, 5) is 11.2. The van der Waals surface area contributed by atoms with Crippen molar-refractivity contribution in [3.63, 3.8) is 0 Å². The maximum absolute atomic E-state index is 13.4. The van der Waals surface area contributed by atoms with Crippen molar-refractivity contribution >= 4 is 16.1 Å². The Morgan fingerprint density at radius 1 is 1.38 bits per heavy atom. The van der Waals surface area contributed by atoms with Crippen molar-refractivity contribution < 1.29 is 40.0 Å². The van der Waals surface area contributed by atoms with Gasteiger partial charge in [0.2, 0.25) is 0 Å². The zero-order chi connectivity index (χ0) is 17.9. The monoisotopic (exact) mass is 370 g/mol. The van der Waals surface area contributed by atoms with Gasteiger partial charge in [0.1, 0.15) is 12.7 Å². The van der Waals surface area contributed by atoms with Crippen LogP contribution >= 0.6 is 0 Å². The standard InChI is InChI=1S/C14H17F3O6S/c1-7(2)12(18)22-4-3-21-10-8-5-9-11(10)23-24(19,20)13(9,6-8)14(15,16)17/h8-11H,1,3-6H2,2H3. The molecule has 136 valence electrons. The highest BCUT2D eigenvalue weighted by Crippen LogP contribution is 2.66. The summed E-state index contributed by atoms with van der Waals surface area (Å²) in [6.07, 6.45) is -7.20. The van der Waals surface area contributed by atoms with E-state index in [1.165, 1.54) is 6.92 Å². The summed E-state index contributed by atoms with van der Waals surface area (Å²) in [5.41, 5.74) is 0.218. The summed E-state index contributed by atoms with van der Waals surface area (Å²) in [5.74, 6) is -2.28. The van der Waals surface area contributed by atoms with Gasteiger partial charge >= 0.3 is 12.1 Å². The molecule has 0 radical (unpaired) electrons. The van der Waals surface area contributed by atoms with Crippen LogP contribution in [-0.4, -0.2) is 50.7 Å². The molecule has 0 aromatic heterocycles. The molecule has 6 nitrogen and oxygen atoms in total. The molecule has 3 rings (SSSR count). The molecule has 0 aromatic rings. The van der Waals surface area contributed by atoms with E-state index in [9.17, 15) is 26.4 Å². The second kappa shape index (κ2) is 5.43. The van der Waals surface area contributed by atoms with Crippen LogP contribution in [0.3, 0.4) is 0 Å². The number of halogens is 3. The first-order valence-corrected chi connectivity index (χ1v) is 8.86. The fraction of sp³-hybridized carbons (Fsp3) is 0.786. The minimum atomic E-state index is -4.87. The van der Waals surface area contributed by atoms with Crippen molar-refractivity contribution in [2.24, 2.45) is 11.8 Å². The number of carbonyl (C=O) groups excluding carboxylic acids is 1. The van der Waals surface area contributed by atoms with Gasteiger partial charge in [0.25, 0.3) is 10.1 Å². The third-order valence-electron chi connectivity index (χ3n) is 5.05. The van der Waals surface area contributed by atoms with Crippen LogP contribution < -0.4 is 0 Å². The number of alkyl halides is 3. The first-order valence-electron chi connectivity index (χ1n) is 7.45. The molecule has 3 aliphatic rings. The van der Waals surface area contributed by atoms with Crippen LogP contribution in [0.2, 0.25) is 0 Å². The summed E-state index contributed by atoms with van der Waals surface area (Å²) in [6.45, 7) is 4.75. The molecule has 0 spiro atoms. The summed E-state index contributed by atoms with van der Waals surface area (Å²) < 4.78 is 76.6. The second-order valence-corrected chi connectivity index (χ2v) is 8.29. The Balaban J connectivity index is 1.66. The van der Waals surface area contributed by atoms with Crippen molar-refractivity contribution in [3.8, 4) is 0 Å². The molecular formula is C14H17F3O6S. The number of hydrogen-bond acceptors (Lipinski definition) is 6. The molecule has 0 N–H and O–H groups in total. The number of esters is 1. The number of rotatable bonds is 5. The molecular weight excluding hydrogens is 353 g/mol. The summed E-state index contributed by atoms with van der Waals surface area (Å²) in [5, 5.41) is 0. The number of fused-ring (bicyclic) bond motifs is 1. The van der Waals surface area contributed by atoms with E-state index >= 15 is 0 Å². The number of carbonyl (C=O) groups is 1. The Kier molecular flexibility index (Phi) is 4.00. The first kappa shape index (κ1) is 17.7. The van der Waals surface area contributed by atoms with Gasteiger partial charge in [-0.3, -0.25) is 4.18 Å². The van der Waals surface area contributed by atoms with Crippen molar-refractivity contribution in [1.29, 1.82) is 0 Å². The van der Waals surface area contributed by atoms with E-state index in [1.54, 1.807) is 0 Å². The molecule has 0 aromatic carbocycles. The second-order valence-electron chi connectivity index (χ2n) is 6.46. The Morgan fingerprint density at radius 2 is 2.04 bits per heavy atom. The highest BCUT2D eigenvalue weighted by atomic mass is 32.2. The van der Waals surface area contributed by atoms with E-state index in [-0.39, 0.29) is 25.2 Å². The van der Waals surface area contributed by atoms with Gasteiger partial charge in [-0.1, -0.05) is 6.58 Å². The molecule has 2 saturated carbocycles. The molecule has 0 amide bonds. The third kappa shape index (κ3) is 2.30. The van der Waals surface area contributed by atoms with Crippen molar-refractivity contribution in [1.82, 2.24) is 0 Å². The minimum Gasteiger partial charge on any atom is -0.460 e. The van der Waals surface area contributed by atoms with Crippen LogP contribution in [0.4, 0.5) is 13.2 Å². The lowest BCUT2D eigenvalue weighted by Gasteiger charge is -2.33. The fourth-order valence-electron chi connectivity index (χ4n) is 4.07. The number of ether oxygens (including phenoxy) is 2. The maximum Gasteiger partial charge on any atom is 0.410 e. The van der Waals surface area contributed by atoms with Crippen LogP contribution in [0, 0.1) is 11.8 Å². The largest absolute Gasteiger partial charge is 0.460 e. The van der Waals surface area contributed by atoms with E-state index < -0.39 is 57.5 Å². The van der Waals surface area contributed by atoms with Crippen LogP contribution in [0.5, 0.6) is 0 Å². The molecule has 1 saturated heterocycles. The van der Waals surface area contributed by atoms with E-state index in [1.807, 2.05) is 0 Å². The average molecular weight is 370 g/mol. The van der Waals surface area contributed by atoms with Gasteiger partial charge in [-0.15, -0.1) is 0 Å². The minimum absolute atomic E-state index is 0.0498. The predicted molar refractivity (Wildman–Crippen MR) is 74.3 cm³/mol. The lowest BCUT2D eigenvalue weighted by atomic mass is 9.83. The van der Waals surface area contributed by atoms with Crippen molar-refractivity contribution in [3.05, 3.63) is 12.2 Å². The van der Waals surface area contributed by atoms with E-state index in [2.05, 4.69) is 6.58 Å². The van der Waals surface area contributed by atoms with Gasteiger partial charge in [0, 0.05) is 11.5 Å². The topological polar surface area (TPSA) is 78.9 Å². The van der Waals surface area contributed by atoms with Gasteiger partial charge in [-0.25, -0.2) is 4.79 Å². The van der Waals surface area contributed by atoms with Gasteiger partial charge < -0.3 is 9.47 Å². The van der Waals surface area contributed by atoms with Gasteiger partial charge in [-0.2, -0.15) is 21.6 Å². The molecule has 1 heterocycles. The first-order chi connectivity index (χ1) is 11.0. The summed E-state index contributed by atoms with van der Waals surface area (Å²) >= 11 is 0.